The largest absolute Gasteiger partial charge is 0.391 e. The van der Waals surface area contributed by atoms with Crippen molar-refractivity contribution in [1.29, 1.82) is 0 Å². The van der Waals surface area contributed by atoms with Gasteiger partial charge in [-0.15, -0.1) is 11.8 Å². The summed E-state index contributed by atoms with van der Waals surface area (Å²) < 4.78 is 3.86. The van der Waals surface area contributed by atoms with E-state index in [1.54, 1.807) is 13.8 Å². The summed E-state index contributed by atoms with van der Waals surface area (Å²) in [6, 6.07) is 0. The van der Waals surface area contributed by atoms with Gasteiger partial charge < -0.3 is 4.74 Å². The highest BCUT2D eigenvalue weighted by molar-refractivity contribution is 8.02. The summed E-state index contributed by atoms with van der Waals surface area (Å²) in [5, 5.41) is 0. The molecule has 0 aliphatic carbocycles. The van der Waals surface area contributed by atoms with Crippen molar-refractivity contribution in [3.05, 3.63) is 0 Å². The summed E-state index contributed by atoms with van der Waals surface area (Å²) in [6.45, 7) is 3.48. The minimum atomic E-state index is -0.548. The predicted octanol–water partition coefficient (Wildman–Crippen LogP) is 0.582. The summed E-state index contributed by atoms with van der Waals surface area (Å²) in [5.74, 6) is -0.596. The van der Waals surface area contributed by atoms with E-state index in [1.165, 1.54) is 11.8 Å². The van der Waals surface area contributed by atoms with Crippen molar-refractivity contribution in [1.82, 2.24) is 0 Å². The van der Waals surface area contributed by atoms with Crippen LogP contribution in [0.15, 0.2) is 0 Å². The lowest BCUT2D eigenvalue weighted by Gasteiger charge is -2.24. The van der Waals surface area contributed by atoms with Crippen LogP contribution in [-0.4, -0.2) is 22.4 Å². The molecular formula is C6H8O3S. The zero-order valence-corrected chi connectivity index (χ0v) is 6.66. The SMILES string of the molecule is CC1(C)SCC(=O)OC1=O. The number of esters is 2. The normalized spacial score (nSPS) is 24.2. The fraction of sp³-hybridized carbons (Fsp3) is 0.667. The highest BCUT2D eigenvalue weighted by Crippen LogP contribution is 2.29. The molecule has 0 atom stereocenters. The average Bonchev–Trinajstić information content (AvgIpc) is 1.81. The first-order chi connectivity index (χ1) is 4.52. The molecule has 56 valence electrons. The van der Waals surface area contributed by atoms with Crippen LogP contribution in [0, 0.1) is 0 Å². The number of carbonyl (C=O) groups is 2. The minimum absolute atomic E-state index is 0.277. The van der Waals surface area contributed by atoms with Gasteiger partial charge >= 0.3 is 11.9 Å². The van der Waals surface area contributed by atoms with Crippen molar-refractivity contribution < 1.29 is 14.3 Å². The molecule has 0 N–H and O–H groups in total. The topological polar surface area (TPSA) is 43.4 Å². The van der Waals surface area contributed by atoms with E-state index in [1.807, 2.05) is 0 Å². The van der Waals surface area contributed by atoms with Crippen molar-refractivity contribution in [2.45, 2.75) is 18.6 Å². The molecule has 1 heterocycles. The quantitative estimate of drug-likeness (QED) is 0.384. The molecule has 0 unspecified atom stereocenters. The number of hydrogen-bond donors (Lipinski definition) is 0. The molecule has 0 radical (unpaired) electrons. The van der Waals surface area contributed by atoms with Crippen LogP contribution in [0.1, 0.15) is 13.8 Å². The molecule has 0 amide bonds. The lowest BCUT2D eigenvalue weighted by atomic mass is 10.2. The predicted molar refractivity (Wildman–Crippen MR) is 37.6 cm³/mol. The molecule has 0 aromatic rings. The van der Waals surface area contributed by atoms with Crippen LogP contribution in [0.3, 0.4) is 0 Å². The molecule has 0 aromatic heterocycles. The van der Waals surface area contributed by atoms with Crippen LogP contribution in [0.4, 0.5) is 0 Å². The van der Waals surface area contributed by atoms with Gasteiger partial charge in [0.05, 0.1) is 5.75 Å². The lowest BCUT2D eigenvalue weighted by molar-refractivity contribution is -0.160. The summed E-state index contributed by atoms with van der Waals surface area (Å²) >= 11 is 1.31. The number of hydrogen-bond acceptors (Lipinski definition) is 4. The van der Waals surface area contributed by atoms with Gasteiger partial charge in [-0.05, 0) is 13.8 Å². The van der Waals surface area contributed by atoms with E-state index in [-0.39, 0.29) is 5.75 Å². The first-order valence-corrected chi connectivity index (χ1v) is 3.90. The third-order valence-electron chi connectivity index (χ3n) is 1.25. The average molecular weight is 160 g/mol. The van der Waals surface area contributed by atoms with Gasteiger partial charge in [0.2, 0.25) is 0 Å². The molecule has 1 aliphatic rings. The fourth-order valence-corrected chi connectivity index (χ4v) is 1.25. The third kappa shape index (κ3) is 1.31. The molecular weight excluding hydrogens is 152 g/mol. The van der Waals surface area contributed by atoms with E-state index < -0.39 is 16.7 Å². The monoisotopic (exact) mass is 160 g/mol. The molecule has 10 heavy (non-hydrogen) atoms. The van der Waals surface area contributed by atoms with Gasteiger partial charge in [-0.2, -0.15) is 0 Å². The van der Waals surface area contributed by atoms with Crippen LogP contribution in [-0.2, 0) is 14.3 Å². The second kappa shape index (κ2) is 2.27. The molecule has 1 saturated heterocycles. The maximum Gasteiger partial charge on any atom is 0.329 e. The summed E-state index contributed by atoms with van der Waals surface area (Å²) in [4.78, 5) is 21.4. The van der Waals surface area contributed by atoms with Gasteiger partial charge in [0.1, 0.15) is 4.75 Å². The first kappa shape index (κ1) is 7.60. The molecule has 0 spiro atoms. The van der Waals surface area contributed by atoms with Crippen molar-refractivity contribution in [2.24, 2.45) is 0 Å². The van der Waals surface area contributed by atoms with Crippen LogP contribution in [0.5, 0.6) is 0 Å². The maximum atomic E-state index is 10.9. The van der Waals surface area contributed by atoms with Gasteiger partial charge in [-0.25, -0.2) is 0 Å². The van der Waals surface area contributed by atoms with E-state index in [4.69, 9.17) is 0 Å². The van der Waals surface area contributed by atoms with Crippen molar-refractivity contribution in [3.8, 4) is 0 Å². The zero-order chi connectivity index (χ0) is 7.78. The summed E-state index contributed by atoms with van der Waals surface area (Å²) in [6.07, 6.45) is 0. The Hall–Kier alpha value is -0.510. The summed E-state index contributed by atoms with van der Waals surface area (Å²) in [7, 11) is 0. The van der Waals surface area contributed by atoms with E-state index in [0.717, 1.165) is 0 Å². The second-order valence-corrected chi connectivity index (χ2v) is 4.16. The Morgan fingerprint density at radius 2 is 2.10 bits per heavy atom. The fourth-order valence-electron chi connectivity index (χ4n) is 0.554. The van der Waals surface area contributed by atoms with Gasteiger partial charge in [-0.3, -0.25) is 9.59 Å². The molecule has 0 saturated carbocycles. The number of cyclic esters (lactones) is 2. The Morgan fingerprint density at radius 1 is 1.50 bits per heavy atom. The number of ether oxygens (including phenoxy) is 1. The van der Waals surface area contributed by atoms with E-state index in [9.17, 15) is 9.59 Å². The van der Waals surface area contributed by atoms with Crippen LogP contribution in [0.2, 0.25) is 0 Å². The standard InChI is InChI=1S/C6H8O3S/c1-6(2)5(8)9-4(7)3-10-6/h3H2,1-2H3. The van der Waals surface area contributed by atoms with E-state index >= 15 is 0 Å². The lowest BCUT2D eigenvalue weighted by Crippen LogP contribution is -2.38. The van der Waals surface area contributed by atoms with Crippen molar-refractivity contribution in [3.63, 3.8) is 0 Å². The van der Waals surface area contributed by atoms with E-state index in [0.29, 0.717) is 0 Å². The van der Waals surface area contributed by atoms with E-state index in [2.05, 4.69) is 4.74 Å². The van der Waals surface area contributed by atoms with Gasteiger partial charge in [0, 0.05) is 0 Å². The number of rotatable bonds is 0. The van der Waals surface area contributed by atoms with Crippen LogP contribution in [0.25, 0.3) is 0 Å². The minimum Gasteiger partial charge on any atom is -0.391 e. The van der Waals surface area contributed by atoms with Gasteiger partial charge in [0.25, 0.3) is 0 Å². The summed E-state index contributed by atoms with van der Waals surface area (Å²) in [5.41, 5.74) is 0. The highest BCUT2D eigenvalue weighted by atomic mass is 32.2. The van der Waals surface area contributed by atoms with Crippen LogP contribution >= 0.6 is 11.8 Å². The third-order valence-corrected chi connectivity index (χ3v) is 2.52. The Bertz CT molecular complexity index is 185. The smallest absolute Gasteiger partial charge is 0.329 e. The highest BCUT2D eigenvalue weighted by Gasteiger charge is 2.36. The van der Waals surface area contributed by atoms with Crippen LogP contribution < -0.4 is 0 Å². The molecule has 1 fully saturated rings. The Kier molecular flexibility index (Phi) is 1.72. The maximum absolute atomic E-state index is 10.9. The molecule has 0 aromatic carbocycles. The Balaban J connectivity index is 2.70. The zero-order valence-electron chi connectivity index (χ0n) is 5.84. The molecule has 3 nitrogen and oxygen atoms in total. The van der Waals surface area contributed by atoms with Crippen molar-refractivity contribution >= 4 is 23.7 Å². The van der Waals surface area contributed by atoms with Crippen molar-refractivity contribution in [2.75, 3.05) is 5.75 Å². The van der Waals surface area contributed by atoms with Gasteiger partial charge in [-0.1, -0.05) is 0 Å². The first-order valence-electron chi connectivity index (χ1n) is 2.91. The Labute approximate surface area is 63.1 Å². The number of thioether (sulfide) groups is 1. The Morgan fingerprint density at radius 3 is 2.50 bits per heavy atom. The molecule has 1 aliphatic heterocycles. The second-order valence-electron chi connectivity index (χ2n) is 2.56. The number of carbonyl (C=O) groups excluding carboxylic acids is 2. The molecule has 4 heteroatoms. The molecule has 1 rings (SSSR count). The van der Waals surface area contributed by atoms with Gasteiger partial charge in [0.15, 0.2) is 0 Å². The molecule has 0 bridgehead atoms.